The van der Waals surface area contributed by atoms with Crippen molar-refractivity contribution >= 4 is 56.2 Å². The lowest BCUT2D eigenvalue weighted by molar-refractivity contribution is -0.109. The molecule has 0 fully saturated rings. The molecule has 0 saturated heterocycles. The monoisotopic (exact) mass is 890 g/mol. The predicted octanol–water partition coefficient (Wildman–Crippen LogP) is 15.8. The van der Waals surface area contributed by atoms with Crippen LogP contribution in [0.25, 0.3) is 44.6 Å². The molecule has 0 amide bonds. The molecule has 0 radical (unpaired) electrons. The molecule has 4 nitrogen and oxygen atoms in total. The van der Waals surface area contributed by atoms with E-state index < -0.39 is 0 Å². The maximum Gasteiger partial charge on any atom is 0.195 e. The van der Waals surface area contributed by atoms with Gasteiger partial charge in [-0.05, 0) is 58.4 Å². The highest BCUT2D eigenvalue weighted by Crippen LogP contribution is 2.56. The molecule has 9 rings (SSSR count). The molecule has 2 aliphatic carbocycles. The highest BCUT2D eigenvalue weighted by atomic mass is 16.5. The van der Waals surface area contributed by atoms with E-state index in [1.807, 2.05) is 158 Å². The van der Waals surface area contributed by atoms with Crippen molar-refractivity contribution in [3.63, 3.8) is 0 Å². The number of ketones is 2. The number of carbonyl (C=O) groups excluding carboxylic acids is 2. The average molecular weight is 891 g/mol. The second kappa shape index (κ2) is 21.8. The Balaban J connectivity index is 1.39. The van der Waals surface area contributed by atoms with E-state index in [9.17, 15) is 0 Å². The van der Waals surface area contributed by atoms with Crippen molar-refractivity contribution in [2.75, 3.05) is 13.2 Å². The first-order valence-electron chi connectivity index (χ1n) is 24.4. The number of hydrogen-bond acceptors (Lipinski definition) is 4. The van der Waals surface area contributed by atoms with E-state index in [0.717, 1.165) is 118 Å². The Bertz CT molecular complexity index is 2790. The van der Waals surface area contributed by atoms with Crippen molar-refractivity contribution in [1.82, 2.24) is 0 Å². The Morgan fingerprint density at radius 3 is 0.809 bits per heavy atom. The molecule has 338 valence electrons. The summed E-state index contributed by atoms with van der Waals surface area (Å²) < 4.78 is 14.3. The lowest BCUT2D eigenvalue weighted by Gasteiger charge is -2.23. The second-order valence-electron chi connectivity index (χ2n) is 17.5. The molecule has 0 atom stereocenters. The van der Waals surface area contributed by atoms with E-state index in [2.05, 4.69) is 50.2 Å². The van der Waals surface area contributed by atoms with E-state index in [0.29, 0.717) is 47.0 Å². The Kier molecular flexibility index (Phi) is 14.6. The van der Waals surface area contributed by atoms with Gasteiger partial charge in [-0.1, -0.05) is 234 Å². The third kappa shape index (κ3) is 9.50. The van der Waals surface area contributed by atoms with Crippen LogP contribution in [0, 0.1) is 0 Å². The van der Waals surface area contributed by atoms with E-state index in [1.54, 1.807) is 0 Å². The van der Waals surface area contributed by atoms with E-state index in [-0.39, 0.29) is 11.6 Å². The molecule has 0 saturated carbocycles. The summed E-state index contributed by atoms with van der Waals surface area (Å²) in [5, 5.41) is 0. The van der Waals surface area contributed by atoms with Crippen LogP contribution in [0.2, 0.25) is 0 Å². The summed E-state index contributed by atoms with van der Waals surface area (Å²) in [7, 11) is 0. The zero-order chi connectivity index (χ0) is 46.7. The van der Waals surface area contributed by atoms with Crippen LogP contribution in [0.1, 0.15) is 110 Å². The smallest absolute Gasteiger partial charge is 0.195 e. The van der Waals surface area contributed by atoms with E-state index in [1.165, 1.54) is 0 Å². The predicted molar refractivity (Wildman–Crippen MR) is 282 cm³/mol. The Morgan fingerprint density at radius 1 is 0.294 bits per heavy atom. The summed E-state index contributed by atoms with van der Waals surface area (Å²) in [4.78, 5) is 31.0. The summed E-state index contributed by atoms with van der Waals surface area (Å²) in [6, 6.07) is 64.8. The molecule has 0 unspecified atom stereocenters. The number of unbranched alkanes of at least 4 members (excludes halogenated alkanes) is 6. The first-order chi connectivity index (χ1) is 33.6. The van der Waals surface area contributed by atoms with Gasteiger partial charge >= 0.3 is 0 Å². The van der Waals surface area contributed by atoms with Gasteiger partial charge in [0.05, 0.1) is 13.2 Å². The Labute approximate surface area is 402 Å². The zero-order valence-corrected chi connectivity index (χ0v) is 39.2. The van der Waals surface area contributed by atoms with Crippen LogP contribution in [0.5, 0.6) is 11.5 Å². The molecule has 0 spiro atoms. The Morgan fingerprint density at radius 2 is 0.544 bits per heavy atom. The standard InChI is InChI=1S/C64H58O4/c1-3-5-7-27-41-67-53-43-52(62-56(46-31-17-10-18-32-46)58(48-35-21-12-22-36-48)64(66)60(62)50-39-25-14-26-40-50)54(68-42-28-8-6-4-2)44-51(53)61-55(45-29-15-9-16-30-45)57(47-33-19-11-20-34-47)63(65)59(61)49-37-23-13-24-38-49/h9-26,29-40,43-44H,3-8,27-28,41-42H2,1-2H3. The molecule has 68 heavy (non-hydrogen) atoms. The van der Waals surface area contributed by atoms with Gasteiger partial charge in [0.1, 0.15) is 11.5 Å². The SMILES string of the molecule is CCCCCCOc1cc(C2=C(c3ccccc3)C(=O)C(c3ccccc3)=C2c2ccccc2)c(OCCCCCC)cc1C1=C(c2ccccc2)C(=O)C(c2ccccc2)=C1c1ccccc1. The highest BCUT2D eigenvalue weighted by molar-refractivity contribution is 6.60. The number of allylic oxidation sites excluding steroid dienone is 8. The van der Waals surface area contributed by atoms with Crippen LogP contribution in [-0.2, 0) is 9.59 Å². The van der Waals surface area contributed by atoms with E-state index in [4.69, 9.17) is 9.47 Å². The summed E-state index contributed by atoms with van der Waals surface area (Å²) in [6.07, 6.45) is 8.20. The summed E-state index contributed by atoms with van der Waals surface area (Å²) in [5.74, 6) is 1.16. The summed E-state index contributed by atoms with van der Waals surface area (Å²) >= 11 is 0. The molecule has 0 aromatic heterocycles. The van der Waals surface area contributed by atoms with Crippen molar-refractivity contribution in [2.24, 2.45) is 0 Å². The quantitative estimate of drug-likeness (QED) is 0.0716. The van der Waals surface area contributed by atoms with Crippen molar-refractivity contribution in [3.05, 3.63) is 239 Å². The Hall–Kier alpha value is -7.56. The number of hydrogen-bond donors (Lipinski definition) is 0. The van der Waals surface area contributed by atoms with Crippen molar-refractivity contribution in [1.29, 1.82) is 0 Å². The highest BCUT2D eigenvalue weighted by Gasteiger charge is 2.40. The molecule has 0 N–H and O–H groups in total. The van der Waals surface area contributed by atoms with Gasteiger partial charge < -0.3 is 9.47 Å². The van der Waals surface area contributed by atoms with Crippen LogP contribution < -0.4 is 9.47 Å². The van der Waals surface area contributed by atoms with E-state index >= 15 is 9.59 Å². The maximum atomic E-state index is 15.5. The van der Waals surface area contributed by atoms with Crippen molar-refractivity contribution in [3.8, 4) is 11.5 Å². The maximum absolute atomic E-state index is 15.5. The van der Waals surface area contributed by atoms with Crippen molar-refractivity contribution in [2.45, 2.75) is 65.2 Å². The molecule has 7 aromatic carbocycles. The van der Waals surface area contributed by atoms with Gasteiger partial charge in [0.15, 0.2) is 11.6 Å². The third-order valence-corrected chi connectivity index (χ3v) is 12.9. The van der Waals surface area contributed by atoms with Gasteiger partial charge in [0.25, 0.3) is 0 Å². The number of benzene rings is 7. The first kappa shape index (κ1) is 45.6. The lowest BCUT2D eigenvalue weighted by atomic mass is 9.85. The lowest BCUT2D eigenvalue weighted by Crippen LogP contribution is -2.07. The largest absolute Gasteiger partial charge is 0.493 e. The van der Waals surface area contributed by atoms with Crippen LogP contribution >= 0.6 is 0 Å². The van der Waals surface area contributed by atoms with Crippen LogP contribution in [0.4, 0.5) is 0 Å². The summed E-state index contributed by atoms with van der Waals surface area (Å²) in [5.41, 5.74) is 12.5. The molecule has 0 heterocycles. The number of Topliss-reactive ketones (excluding diaryl/α,β-unsaturated/α-hetero) is 2. The van der Waals surface area contributed by atoms with Gasteiger partial charge in [0.2, 0.25) is 0 Å². The average Bonchev–Trinajstić information content (AvgIpc) is 3.88. The fourth-order valence-electron chi connectivity index (χ4n) is 9.66. The summed E-state index contributed by atoms with van der Waals surface area (Å²) in [6.45, 7) is 5.37. The van der Waals surface area contributed by atoms with Crippen LogP contribution in [0.15, 0.2) is 194 Å². The minimum Gasteiger partial charge on any atom is -0.493 e. The molecular weight excluding hydrogens is 833 g/mol. The van der Waals surface area contributed by atoms with Crippen LogP contribution in [0.3, 0.4) is 0 Å². The molecule has 0 aliphatic heterocycles. The number of carbonyl (C=O) groups is 2. The van der Waals surface area contributed by atoms with Gasteiger partial charge in [-0.15, -0.1) is 0 Å². The first-order valence-corrected chi connectivity index (χ1v) is 24.4. The third-order valence-electron chi connectivity index (χ3n) is 12.9. The minimum atomic E-state index is -0.0477. The number of rotatable bonds is 20. The number of ether oxygens (including phenoxy) is 2. The fourth-order valence-corrected chi connectivity index (χ4v) is 9.66. The topological polar surface area (TPSA) is 52.6 Å². The normalized spacial score (nSPS) is 13.9. The van der Waals surface area contributed by atoms with Crippen LogP contribution in [-0.4, -0.2) is 24.8 Å². The fraction of sp³-hybridized carbons (Fsp3) is 0.188. The molecular formula is C64H58O4. The van der Waals surface area contributed by atoms with Gasteiger partial charge in [0, 0.05) is 55.7 Å². The van der Waals surface area contributed by atoms with Gasteiger partial charge in [-0.3, -0.25) is 9.59 Å². The second-order valence-corrected chi connectivity index (χ2v) is 17.5. The van der Waals surface area contributed by atoms with Crippen molar-refractivity contribution < 1.29 is 19.1 Å². The zero-order valence-electron chi connectivity index (χ0n) is 39.2. The van der Waals surface area contributed by atoms with Gasteiger partial charge in [-0.2, -0.15) is 0 Å². The molecule has 2 aliphatic rings. The molecule has 7 aromatic rings. The van der Waals surface area contributed by atoms with Gasteiger partial charge in [-0.25, -0.2) is 0 Å². The molecule has 0 bridgehead atoms. The minimum absolute atomic E-state index is 0.0477. The molecule has 4 heteroatoms.